The van der Waals surface area contributed by atoms with Gasteiger partial charge in [0.25, 0.3) is 5.91 Å². The number of rotatable bonds is 7. The van der Waals surface area contributed by atoms with E-state index in [4.69, 9.17) is 9.47 Å². The second-order valence-corrected chi connectivity index (χ2v) is 9.52. The molecular weight excluding hydrogens is 464 g/mol. The molecule has 4 rings (SSSR count). The summed E-state index contributed by atoms with van der Waals surface area (Å²) < 4.78 is 12.5. The number of aryl methyl sites for hydroxylation is 3. The molecule has 37 heavy (non-hydrogen) atoms. The predicted octanol–water partition coefficient (Wildman–Crippen LogP) is 5.63. The Morgan fingerprint density at radius 2 is 1.65 bits per heavy atom. The second kappa shape index (κ2) is 10.5. The molecule has 0 radical (unpaired) electrons. The molecule has 2 aromatic carbocycles. The smallest absolute Gasteiger partial charge is 0.340 e. The summed E-state index contributed by atoms with van der Waals surface area (Å²) in [6.07, 6.45) is 2.48. The Hall–Kier alpha value is -4.06. The average Bonchev–Trinajstić information content (AvgIpc) is 3.29. The lowest BCUT2D eigenvalue weighted by Crippen LogP contribution is -2.27. The normalized spacial score (nSPS) is 14.6. The van der Waals surface area contributed by atoms with Crippen LogP contribution in [0.15, 0.2) is 65.4 Å². The van der Waals surface area contributed by atoms with E-state index >= 15 is 0 Å². The fourth-order valence-electron chi connectivity index (χ4n) is 4.95. The molecule has 6 nitrogen and oxygen atoms in total. The summed E-state index contributed by atoms with van der Waals surface area (Å²) in [5.41, 5.74) is 8.78. The summed E-state index contributed by atoms with van der Waals surface area (Å²) in [7, 11) is 2.98. The topological polar surface area (TPSA) is 60.8 Å². The van der Waals surface area contributed by atoms with Crippen molar-refractivity contribution in [3.63, 3.8) is 0 Å². The Balaban J connectivity index is 1.71. The van der Waals surface area contributed by atoms with E-state index in [1.807, 2.05) is 37.3 Å². The minimum absolute atomic E-state index is 0.192. The van der Waals surface area contributed by atoms with Gasteiger partial charge >= 0.3 is 5.97 Å². The van der Waals surface area contributed by atoms with Gasteiger partial charge in [0.1, 0.15) is 5.75 Å². The van der Waals surface area contributed by atoms with Gasteiger partial charge in [-0.2, -0.15) is 0 Å². The van der Waals surface area contributed by atoms with Crippen molar-refractivity contribution in [2.45, 2.75) is 41.0 Å². The van der Waals surface area contributed by atoms with Gasteiger partial charge in [0.05, 0.1) is 25.4 Å². The van der Waals surface area contributed by atoms with E-state index in [0.29, 0.717) is 29.8 Å². The van der Waals surface area contributed by atoms with Crippen molar-refractivity contribution < 1.29 is 19.1 Å². The molecular formula is C31H34N2O4. The van der Waals surface area contributed by atoms with E-state index in [9.17, 15) is 9.59 Å². The van der Waals surface area contributed by atoms with Crippen molar-refractivity contribution in [3.8, 4) is 11.4 Å². The number of methoxy groups -OCH3 is 2. The molecule has 192 valence electrons. The Morgan fingerprint density at radius 1 is 0.946 bits per heavy atom. The molecule has 0 saturated heterocycles. The Labute approximate surface area is 218 Å². The third-order valence-corrected chi connectivity index (χ3v) is 7.06. The molecule has 0 spiro atoms. The number of aromatic nitrogens is 1. The molecule has 2 heterocycles. The average molecular weight is 499 g/mol. The largest absolute Gasteiger partial charge is 0.497 e. The fourth-order valence-corrected chi connectivity index (χ4v) is 4.95. The van der Waals surface area contributed by atoms with Crippen LogP contribution in [0.4, 0.5) is 0 Å². The number of carbonyl (C=O) groups excluding carboxylic acids is 2. The van der Waals surface area contributed by atoms with E-state index in [1.54, 1.807) is 18.9 Å². The summed E-state index contributed by atoms with van der Waals surface area (Å²) in [6.45, 7) is 10.5. The lowest BCUT2D eigenvalue weighted by Gasteiger charge is -2.18. The molecule has 0 N–H and O–H groups in total. The highest BCUT2D eigenvalue weighted by molar-refractivity contribution is 6.16. The molecule has 0 saturated carbocycles. The zero-order valence-corrected chi connectivity index (χ0v) is 22.6. The lowest BCUT2D eigenvalue weighted by atomic mass is 10.0. The number of allylic oxidation sites excluding steroid dienone is 1. The van der Waals surface area contributed by atoms with Gasteiger partial charge in [0.15, 0.2) is 0 Å². The maximum Gasteiger partial charge on any atom is 0.340 e. The van der Waals surface area contributed by atoms with Crippen LogP contribution in [0.1, 0.15) is 40.6 Å². The molecule has 0 bridgehead atoms. The van der Waals surface area contributed by atoms with Crippen LogP contribution in [-0.4, -0.2) is 42.1 Å². The highest BCUT2D eigenvalue weighted by Gasteiger charge is 2.37. The van der Waals surface area contributed by atoms with Crippen LogP contribution >= 0.6 is 0 Å². The van der Waals surface area contributed by atoms with Crippen molar-refractivity contribution >= 4 is 18.0 Å². The molecule has 3 aromatic rings. The minimum Gasteiger partial charge on any atom is -0.497 e. The van der Waals surface area contributed by atoms with Gasteiger partial charge in [-0.3, -0.25) is 4.79 Å². The number of ether oxygens (including phenoxy) is 2. The third-order valence-electron chi connectivity index (χ3n) is 7.06. The zero-order valence-electron chi connectivity index (χ0n) is 22.6. The summed E-state index contributed by atoms with van der Waals surface area (Å²) in [4.78, 5) is 28.1. The first-order chi connectivity index (χ1) is 17.7. The number of esters is 1. The van der Waals surface area contributed by atoms with E-state index in [1.165, 1.54) is 18.2 Å². The van der Waals surface area contributed by atoms with Crippen LogP contribution in [-0.2, 0) is 20.7 Å². The number of nitrogens with zero attached hydrogens (tertiary/aromatic N) is 2. The van der Waals surface area contributed by atoms with Gasteiger partial charge in [-0.15, -0.1) is 0 Å². The maximum atomic E-state index is 13.6. The third kappa shape index (κ3) is 4.96. The lowest BCUT2D eigenvalue weighted by molar-refractivity contribution is -0.136. The molecule has 1 aliphatic rings. The highest BCUT2D eigenvalue weighted by Crippen LogP contribution is 2.34. The zero-order chi connectivity index (χ0) is 26.9. The molecule has 1 aliphatic heterocycles. The van der Waals surface area contributed by atoms with E-state index in [-0.39, 0.29) is 5.91 Å². The molecule has 0 atom stereocenters. The van der Waals surface area contributed by atoms with E-state index in [2.05, 4.69) is 49.6 Å². The number of hydrogen-bond acceptors (Lipinski definition) is 4. The molecule has 6 heteroatoms. The number of benzene rings is 2. The Kier molecular flexibility index (Phi) is 7.39. The SMILES string of the molecule is COC(=O)C1=C(C)N(CCc2ccc(OC)cc2)C(=O)/C1=C\c1cc(C)n(-c2cc(C)ccc2C)c1C. The predicted molar refractivity (Wildman–Crippen MR) is 146 cm³/mol. The van der Waals surface area contributed by atoms with Crippen LogP contribution in [0.3, 0.4) is 0 Å². The van der Waals surface area contributed by atoms with Gasteiger partial charge in [0, 0.05) is 29.3 Å². The number of amides is 1. The summed E-state index contributed by atoms with van der Waals surface area (Å²) in [6, 6.07) is 16.2. The Morgan fingerprint density at radius 3 is 2.30 bits per heavy atom. The van der Waals surface area contributed by atoms with Crippen LogP contribution in [0.2, 0.25) is 0 Å². The van der Waals surface area contributed by atoms with Gasteiger partial charge in [0.2, 0.25) is 0 Å². The number of carbonyl (C=O) groups is 2. The van der Waals surface area contributed by atoms with Gasteiger partial charge in [-0.05, 0) is 93.6 Å². The Bertz CT molecular complexity index is 1420. The monoisotopic (exact) mass is 498 g/mol. The first kappa shape index (κ1) is 26.0. The maximum absolute atomic E-state index is 13.6. The fraction of sp³-hybridized carbons (Fsp3) is 0.290. The highest BCUT2D eigenvalue weighted by atomic mass is 16.5. The second-order valence-electron chi connectivity index (χ2n) is 9.52. The van der Waals surface area contributed by atoms with Gasteiger partial charge < -0.3 is 18.9 Å². The van der Waals surface area contributed by atoms with Crippen LogP contribution in [0.25, 0.3) is 11.8 Å². The van der Waals surface area contributed by atoms with E-state index < -0.39 is 5.97 Å². The number of hydrogen-bond donors (Lipinski definition) is 0. The van der Waals surface area contributed by atoms with Crippen molar-refractivity contribution in [1.82, 2.24) is 9.47 Å². The molecule has 1 amide bonds. The van der Waals surface area contributed by atoms with Crippen molar-refractivity contribution in [1.29, 1.82) is 0 Å². The van der Waals surface area contributed by atoms with Gasteiger partial charge in [-0.1, -0.05) is 24.3 Å². The molecule has 0 unspecified atom stereocenters. The quantitative estimate of drug-likeness (QED) is 0.313. The molecule has 1 aromatic heterocycles. The van der Waals surface area contributed by atoms with Crippen LogP contribution < -0.4 is 4.74 Å². The van der Waals surface area contributed by atoms with Crippen molar-refractivity contribution in [2.24, 2.45) is 0 Å². The summed E-state index contributed by atoms with van der Waals surface area (Å²) in [5.74, 6) is 0.0871. The van der Waals surface area contributed by atoms with Crippen LogP contribution in [0, 0.1) is 27.7 Å². The van der Waals surface area contributed by atoms with Gasteiger partial charge in [-0.25, -0.2) is 4.79 Å². The summed E-state index contributed by atoms with van der Waals surface area (Å²) >= 11 is 0. The van der Waals surface area contributed by atoms with Crippen LogP contribution in [0.5, 0.6) is 5.75 Å². The van der Waals surface area contributed by atoms with Crippen molar-refractivity contribution in [3.05, 3.63) is 99.0 Å². The molecule has 0 fully saturated rings. The first-order valence-corrected chi connectivity index (χ1v) is 12.4. The van der Waals surface area contributed by atoms with E-state index in [0.717, 1.165) is 34.0 Å². The summed E-state index contributed by atoms with van der Waals surface area (Å²) in [5, 5.41) is 0. The molecule has 0 aliphatic carbocycles. The standard InChI is InChI=1S/C31H34N2O4/c1-19-8-9-20(2)28(16-19)33-21(3)17-25(22(33)4)18-27-29(31(35)37-7)23(5)32(30(27)34)15-14-24-10-12-26(36-6)13-11-24/h8-13,16-18H,14-15H2,1-7H3/b27-18-. The minimum atomic E-state index is -0.507. The van der Waals surface area contributed by atoms with Crippen molar-refractivity contribution in [2.75, 3.05) is 20.8 Å². The first-order valence-electron chi connectivity index (χ1n) is 12.4.